The van der Waals surface area contributed by atoms with Crippen molar-refractivity contribution in [3.63, 3.8) is 0 Å². The lowest BCUT2D eigenvalue weighted by atomic mass is 9.99. The first-order valence-electron chi connectivity index (χ1n) is 6.62. The molecule has 0 radical (unpaired) electrons. The fourth-order valence-corrected chi connectivity index (χ4v) is 3.09. The van der Waals surface area contributed by atoms with Crippen molar-refractivity contribution in [2.75, 3.05) is 18.4 Å². The number of nitrogens with zero attached hydrogens (tertiary/aromatic N) is 2. The molecule has 2 heterocycles. The number of carboxylic acid groups (broad SMARTS) is 1. The van der Waals surface area contributed by atoms with Gasteiger partial charge in [0, 0.05) is 18.5 Å². The second kappa shape index (κ2) is 5.78. The van der Waals surface area contributed by atoms with Gasteiger partial charge in [0.2, 0.25) is 0 Å². The molecule has 1 aromatic rings. The fourth-order valence-electron chi connectivity index (χ4n) is 2.23. The zero-order chi connectivity index (χ0) is 14.9. The lowest BCUT2D eigenvalue weighted by Crippen LogP contribution is -2.33. The number of urea groups is 1. The van der Waals surface area contributed by atoms with Crippen LogP contribution in [0.15, 0.2) is 5.38 Å². The Kier molecular flexibility index (Phi) is 4.27. The molecule has 7 heteroatoms. The molecule has 6 nitrogen and oxygen atoms in total. The fraction of sp³-hybridized carbons (Fsp3) is 0.615. The van der Waals surface area contributed by atoms with Gasteiger partial charge in [-0.3, -0.25) is 10.1 Å². The van der Waals surface area contributed by atoms with E-state index in [9.17, 15) is 9.59 Å². The van der Waals surface area contributed by atoms with E-state index in [1.165, 1.54) is 11.3 Å². The van der Waals surface area contributed by atoms with Gasteiger partial charge >= 0.3 is 12.0 Å². The molecule has 1 aromatic heterocycles. The smallest absolute Gasteiger partial charge is 0.323 e. The summed E-state index contributed by atoms with van der Waals surface area (Å²) in [6.45, 7) is 6.66. The predicted molar refractivity (Wildman–Crippen MR) is 77.1 cm³/mol. The second-order valence-corrected chi connectivity index (χ2v) is 6.35. The van der Waals surface area contributed by atoms with Crippen LogP contribution in [0.2, 0.25) is 0 Å². The largest absolute Gasteiger partial charge is 0.481 e. The van der Waals surface area contributed by atoms with Crippen LogP contribution in [0.25, 0.3) is 0 Å². The molecule has 0 saturated carbocycles. The number of hydrogen-bond donors (Lipinski definition) is 2. The lowest BCUT2D eigenvalue weighted by molar-refractivity contribution is -0.142. The molecule has 2 unspecified atom stereocenters. The minimum atomic E-state index is -0.843. The van der Waals surface area contributed by atoms with Gasteiger partial charge in [-0.05, 0) is 11.8 Å². The number of carbonyl (C=O) groups excluding carboxylic acids is 1. The molecule has 2 N–H and O–H groups in total. The first-order chi connectivity index (χ1) is 9.38. The van der Waals surface area contributed by atoms with E-state index in [-0.39, 0.29) is 18.5 Å². The SMILES string of the molecule is CC(C)c1csc(NC(=O)N2CC(C)C(C(=O)O)C2)n1. The monoisotopic (exact) mass is 297 g/mol. The van der Waals surface area contributed by atoms with Gasteiger partial charge in [-0.15, -0.1) is 11.3 Å². The quantitative estimate of drug-likeness (QED) is 0.897. The Morgan fingerprint density at radius 1 is 1.50 bits per heavy atom. The molecule has 2 amide bonds. The molecule has 0 spiro atoms. The summed E-state index contributed by atoms with van der Waals surface area (Å²) in [4.78, 5) is 29.0. The number of hydrogen-bond acceptors (Lipinski definition) is 4. The van der Waals surface area contributed by atoms with Crippen molar-refractivity contribution in [2.24, 2.45) is 11.8 Å². The minimum absolute atomic E-state index is 0.0271. The van der Waals surface area contributed by atoms with E-state index < -0.39 is 11.9 Å². The Morgan fingerprint density at radius 3 is 2.70 bits per heavy atom. The van der Waals surface area contributed by atoms with E-state index in [0.717, 1.165) is 5.69 Å². The van der Waals surface area contributed by atoms with Crippen LogP contribution < -0.4 is 5.32 Å². The number of carboxylic acids is 1. The van der Waals surface area contributed by atoms with Gasteiger partial charge in [0.15, 0.2) is 5.13 Å². The van der Waals surface area contributed by atoms with Crippen molar-refractivity contribution < 1.29 is 14.7 Å². The van der Waals surface area contributed by atoms with Gasteiger partial charge in [0.05, 0.1) is 11.6 Å². The van der Waals surface area contributed by atoms with Crippen LogP contribution in [-0.4, -0.2) is 40.1 Å². The molecule has 110 valence electrons. The molecule has 1 aliphatic heterocycles. The molecule has 0 bridgehead atoms. The Balaban J connectivity index is 1.97. The van der Waals surface area contributed by atoms with Crippen molar-refractivity contribution in [3.8, 4) is 0 Å². The summed E-state index contributed by atoms with van der Waals surface area (Å²) in [5.41, 5.74) is 0.948. The third kappa shape index (κ3) is 3.09. The molecule has 1 aliphatic rings. The summed E-state index contributed by atoms with van der Waals surface area (Å²) in [5.74, 6) is -1.03. The Morgan fingerprint density at radius 2 is 2.20 bits per heavy atom. The number of amides is 2. The van der Waals surface area contributed by atoms with Crippen LogP contribution >= 0.6 is 11.3 Å². The van der Waals surface area contributed by atoms with E-state index in [1.807, 2.05) is 26.2 Å². The highest BCUT2D eigenvalue weighted by molar-refractivity contribution is 7.13. The van der Waals surface area contributed by atoms with Gasteiger partial charge in [-0.2, -0.15) is 0 Å². The molecule has 1 saturated heterocycles. The number of rotatable bonds is 3. The highest BCUT2D eigenvalue weighted by atomic mass is 32.1. The summed E-state index contributed by atoms with van der Waals surface area (Å²) in [5, 5.41) is 14.3. The normalized spacial score (nSPS) is 22.3. The number of carbonyl (C=O) groups is 2. The lowest BCUT2D eigenvalue weighted by Gasteiger charge is -2.15. The second-order valence-electron chi connectivity index (χ2n) is 5.49. The average Bonchev–Trinajstić information content (AvgIpc) is 2.95. The minimum Gasteiger partial charge on any atom is -0.481 e. The van der Waals surface area contributed by atoms with E-state index in [1.54, 1.807) is 4.90 Å². The standard InChI is InChI=1S/C13H19N3O3S/c1-7(2)10-6-20-12(14-10)15-13(19)16-4-8(3)9(5-16)11(17)18/h6-9H,4-5H2,1-3H3,(H,17,18)(H,14,15,19). The van der Waals surface area contributed by atoms with Gasteiger partial charge in [0.25, 0.3) is 0 Å². The Labute approximate surface area is 121 Å². The maximum absolute atomic E-state index is 12.1. The van der Waals surface area contributed by atoms with Gasteiger partial charge < -0.3 is 10.0 Å². The summed E-state index contributed by atoms with van der Waals surface area (Å²) in [6, 6.07) is -0.273. The number of aromatic nitrogens is 1. The Bertz CT molecular complexity index is 515. The molecule has 2 rings (SSSR count). The van der Waals surface area contributed by atoms with Crippen LogP contribution in [0, 0.1) is 11.8 Å². The highest BCUT2D eigenvalue weighted by Gasteiger charge is 2.37. The maximum atomic E-state index is 12.1. The molecule has 1 fully saturated rings. The third-order valence-corrected chi connectivity index (χ3v) is 4.32. The molecular weight excluding hydrogens is 278 g/mol. The van der Waals surface area contributed by atoms with Crippen LogP contribution in [0.3, 0.4) is 0 Å². The van der Waals surface area contributed by atoms with E-state index >= 15 is 0 Å². The van der Waals surface area contributed by atoms with E-state index in [2.05, 4.69) is 10.3 Å². The van der Waals surface area contributed by atoms with E-state index in [0.29, 0.717) is 17.6 Å². The summed E-state index contributed by atoms with van der Waals surface area (Å²) >= 11 is 1.39. The van der Waals surface area contributed by atoms with Crippen molar-refractivity contribution >= 4 is 28.5 Å². The van der Waals surface area contributed by atoms with Crippen LogP contribution in [-0.2, 0) is 4.79 Å². The number of anilines is 1. The van der Waals surface area contributed by atoms with Crippen molar-refractivity contribution in [1.29, 1.82) is 0 Å². The third-order valence-electron chi connectivity index (χ3n) is 3.54. The summed E-state index contributed by atoms with van der Waals surface area (Å²) in [7, 11) is 0. The summed E-state index contributed by atoms with van der Waals surface area (Å²) < 4.78 is 0. The van der Waals surface area contributed by atoms with Gasteiger partial charge in [-0.1, -0.05) is 20.8 Å². The number of thiazole rings is 1. The first kappa shape index (κ1) is 14.8. The number of nitrogens with one attached hydrogen (secondary N) is 1. The molecule has 20 heavy (non-hydrogen) atoms. The zero-order valence-corrected chi connectivity index (χ0v) is 12.6. The first-order valence-corrected chi connectivity index (χ1v) is 7.50. The molecule has 0 aromatic carbocycles. The van der Waals surface area contributed by atoms with Crippen LogP contribution in [0.4, 0.5) is 9.93 Å². The number of aliphatic carboxylic acids is 1. The maximum Gasteiger partial charge on any atom is 0.323 e. The molecule has 0 aliphatic carbocycles. The highest BCUT2D eigenvalue weighted by Crippen LogP contribution is 2.25. The summed E-state index contributed by atoms with van der Waals surface area (Å²) in [6.07, 6.45) is 0. The topological polar surface area (TPSA) is 82.5 Å². The van der Waals surface area contributed by atoms with Crippen molar-refractivity contribution in [3.05, 3.63) is 11.1 Å². The zero-order valence-electron chi connectivity index (χ0n) is 11.8. The predicted octanol–water partition coefficient (Wildman–Crippen LogP) is 2.45. The van der Waals surface area contributed by atoms with Crippen LogP contribution in [0.5, 0.6) is 0 Å². The molecular formula is C13H19N3O3S. The number of likely N-dealkylation sites (tertiary alicyclic amines) is 1. The molecule has 2 atom stereocenters. The van der Waals surface area contributed by atoms with Crippen molar-refractivity contribution in [2.45, 2.75) is 26.7 Å². The van der Waals surface area contributed by atoms with Gasteiger partial charge in [0.1, 0.15) is 0 Å². The van der Waals surface area contributed by atoms with Crippen molar-refractivity contribution in [1.82, 2.24) is 9.88 Å². The van der Waals surface area contributed by atoms with Crippen LogP contribution in [0.1, 0.15) is 32.4 Å². The van der Waals surface area contributed by atoms with E-state index in [4.69, 9.17) is 5.11 Å². The Hall–Kier alpha value is -1.63. The van der Waals surface area contributed by atoms with Gasteiger partial charge in [-0.25, -0.2) is 9.78 Å². The average molecular weight is 297 g/mol.